The molecule has 6 atom stereocenters. The molecule has 0 aliphatic carbocycles. The Kier molecular flexibility index (Phi) is 7.54. The lowest BCUT2D eigenvalue weighted by molar-refractivity contribution is -0.303. The van der Waals surface area contributed by atoms with E-state index in [2.05, 4.69) is 10.3 Å². The van der Waals surface area contributed by atoms with Gasteiger partial charge in [-0.05, 0) is 17.7 Å². The summed E-state index contributed by atoms with van der Waals surface area (Å²) >= 11 is 0. The van der Waals surface area contributed by atoms with Gasteiger partial charge in [0.25, 0.3) is 0 Å². The van der Waals surface area contributed by atoms with Gasteiger partial charge < -0.3 is 39.7 Å². The molecule has 1 aliphatic rings. The molecule has 170 valence electrons. The highest BCUT2D eigenvalue weighted by atomic mass is 16.7. The number of benzene rings is 1. The van der Waals surface area contributed by atoms with Crippen LogP contribution in [0.2, 0.25) is 0 Å². The number of methoxy groups -OCH3 is 1. The highest BCUT2D eigenvalue weighted by molar-refractivity contribution is 5.72. The number of hydrogen-bond donors (Lipinski definition) is 5. The number of aliphatic hydroxyl groups excluding tert-OH is 3. The van der Waals surface area contributed by atoms with E-state index in [0.29, 0.717) is 5.56 Å². The van der Waals surface area contributed by atoms with Crippen molar-refractivity contribution in [2.45, 2.75) is 49.8 Å². The molecular formula is C19H25N3O9. The van der Waals surface area contributed by atoms with Gasteiger partial charge in [-0.25, -0.2) is 9.48 Å². The maximum absolute atomic E-state index is 11.7. The Labute approximate surface area is 177 Å². The molecule has 5 N–H and O–H groups in total. The van der Waals surface area contributed by atoms with Crippen LogP contribution in [0.3, 0.4) is 0 Å². The number of carboxylic acids is 1. The van der Waals surface area contributed by atoms with E-state index in [1.54, 1.807) is 12.1 Å². The first kappa shape index (κ1) is 23.1. The van der Waals surface area contributed by atoms with Gasteiger partial charge in [-0.15, -0.1) is 5.10 Å². The van der Waals surface area contributed by atoms with Crippen LogP contribution in [0.25, 0.3) is 0 Å². The van der Waals surface area contributed by atoms with Crippen molar-refractivity contribution in [3.63, 3.8) is 0 Å². The van der Waals surface area contributed by atoms with Crippen molar-refractivity contribution >= 4 is 5.97 Å². The van der Waals surface area contributed by atoms with E-state index in [1.807, 2.05) is 0 Å². The number of rotatable bonds is 9. The van der Waals surface area contributed by atoms with Crippen LogP contribution in [0.5, 0.6) is 5.75 Å². The second-order valence-corrected chi connectivity index (χ2v) is 7.13. The van der Waals surface area contributed by atoms with E-state index in [9.17, 15) is 30.3 Å². The third-order valence-corrected chi connectivity index (χ3v) is 5.01. The number of aliphatic carboxylic acids is 1. The zero-order valence-electron chi connectivity index (χ0n) is 16.7. The second-order valence-electron chi connectivity index (χ2n) is 7.13. The fraction of sp³-hybridized carbons (Fsp3) is 0.526. The highest BCUT2D eigenvalue weighted by Crippen LogP contribution is 2.25. The predicted molar refractivity (Wildman–Crippen MR) is 102 cm³/mol. The number of carbonyl (C=O) groups is 1. The van der Waals surface area contributed by atoms with E-state index in [-0.39, 0.29) is 24.5 Å². The standard InChI is InChI=1S/C19H25N3O9/c1-29-19-16(26)17(15(25)14(8-23)31-19)30-9-11-7-22(21-20-11)13(18(27)28)6-10-2-4-12(24)5-3-10/h2-5,7,13-17,19,23-26H,6,8-9H2,1H3,(H,27,28)/t13-,14+,15-,16+,17-,19-/m0/s1. The van der Waals surface area contributed by atoms with Gasteiger partial charge in [-0.1, -0.05) is 17.3 Å². The van der Waals surface area contributed by atoms with Gasteiger partial charge in [0.15, 0.2) is 12.3 Å². The number of phenolic OH excluding ortho intramolecular Hbond substituents is 1. The molecule has 0 saturated carbocycles. The van der Waals surface area contributed by atoms with E-state index >= 15 is 0 Å². The number of phenols is 1. The van der Waals surface area contributed by atoms with Gasteiger partial charge >= 0.3 is 5.97 Å². The maximum Gasteiger partial charge on any atom is 0.328 e. The van der Waals surface area contributed by atoms with Crippen molar-refractivity contribution in [1.29, 1.82) is 0 Å². The Morgan fingerprint density at radius 1 is 1.26 bits per heavy atom. The van der Waals surface area contributed by atoms with E-state index in [4.69, 9.17) is 14.2 Å². The van der Waals surface area contributed by atoms with Crippen molar-refractivity contribution in [2.75, 3.05) is 13.7 Å². The molecule has 12 heteroatoms. The molecule has 1 aromatic carbocycles. The second kappa shape index (κ2) is 10.1. The zero-order chi connectivity index (χ0) is 22.5. The minimum atomic E-state index is -1.32. The summed E-state index contributed by atoms with van der Waals surface area (Å²) in [5, 5.41) is 56.6. The molecule has 1 aliphatic heterocycles. The van der Waals surface area contributed by atoms with Crippen molar-refractivity contribution in [3.05, 3.63) is 41.7 Å². The lowest BCUT2D eigenvalue weighted by Crippen LogP contribution is -2.59. The molecule has 0 amide bonds. The van der Waals surface area contributed by atoms with Gasteiger partial charge in [0.2, 0.25) is 0 Å². The molecule has 31 heavy (non-hydrogen) atoms. The van der Waals surface area contributed by atoms with Crippen molar-refractivity contribution in [3.8, 4) is 5.75 Å². The fourth-order valence-corrected chi connectivity index (χ4v) is 3.31. The van der Waals surface area contributed by atoms with E-state index < -0.39 is 49.3 Å². The SMILES string of the molecule is CO[C@H]1O[C@H](CO)[C@H](O)[C@H](OCc2cn([C@@H](Cc3ccc(O)cc3)C(=O)O)nn2)[C@H]1O. The lowest BCUT2D eigenvalue weighted by atomic mass is 9.99. The molecule has 12 nitrogen and oxygen atoms in total. The Morgan fingerprint density at radius 3 is 2.58 bits per heavy atom. The molecule has 0 radical (unpaired) electrons. The summed E-state index contributed by atoms with van der Waals surface area (Å²) in [6.45, 7) is -0.680. The summed E-state index contributed by atoms with van der Waals surface area (Å²) in [6, 6.07) is 5.12. The number of hydrogen-bond acceptors (Lipinski definition) is 10. The Hall–Kier alpha value is -2.61. The van der Waals surface area contributed by atoms with E-state index in [0.717, 1.165) is 0 Å². The van der Waals surface area contributed by atoms with Crippen molar-refractivity contribution < 1.29 is 44.5 Å². The molecule has 0 bridgehead atoms. The predicted octanol–water partition coefficient (Wildman–Crippen LogP) is -1.18. The minimum absolute atomic E-state index is 0.0763. The molecular weight excluding hydrogens is 414 g/mol. The molecule has 2 aromatic rings. The van der Waals surface area contributed by atoms with Crippen LogP contribution in [-0.2, 0) is 32.0 Å². The van der Waals surface area contributed by atoms with Gasteiger partial charge in [-0.3, -0.25) is 0 Å². The van der Waals surface area contributed by atoms with Crippen LogP contribution in [0, 0.1) is 0 Å². The van der Waals surface area contributed by atoms with Crippen molar-refractivity contribution in [2.24, 2.45) is 0 Å². The molecule has 1 aromatic heterocycles. The summed E-state index contributed by atoms with van der Waals surface area (Å²) in [5.41, 5.74) is 0.963. The quantitative estimate of drug-likeness (QED) is 0.318. The van der Waals surface area contributed by atoms with Crippen LogP contribution < -0.4 is 0 Å². The third kappa shape index (κ3) is 5.36. The van der Waals surface area contributed by atoms with Crippen LogP contribution in [0.4, 0.5) is 0 Å². The molecule has 1 fully saturated rings. The Bertz CT molecular complexity index is 844. The molecule has 2 heterocycles. The number of aliphatic hydroxyl groups is 3. The van der Waals surface area contributed by atoms with Gasteiger partial charge in [-0.2, -0.15) is 0 Å². The largest absolute Gasteiger partial charge is 0.508 e. The first-order valence-corrected chi connectivity index (χ1v) is 9.52. The maximum atomic E-state index is 11.7. The summed E-state index contributed by atoms with van der Waals surface area (Å²) in [5.74, 6) is -1.04. The average molecular weight is 439 g/mol. The molecule has 0 spiro atoms. The topological polar surface area (TPSA) is 177 Å². The van der Waals surface area contributed by atoms with Crippen molar-refractivity contribution in [1.82, 2.24) is 15.0 Å². The summed E-state index contributed by atoms with van der Waals surface area (Å²) < 4.78 is 17.0. The van der Waals surface area contributed by atoms with Gasteiger partial charge in [0.1, 0.15) is 35.9 Å². The summed E-state index contributed by atoms with van der Waals surface area (Å²) in [4.78, 5) is 11.7. The first-order valence-electron chi connectivity index (χ1n) is 9.52. The van der Waals surface area contributed by atoms with Gasteiger partial charge in [0.05, 0.1) is 19.4 Å². The number of aromatic nitrogens is 3. The smallest absolute Gasteiger partial charge is 0.328 e. The number of ether oxygens (including phenoxy) is 3. The third-order valence-electron chi connectivity index (χ3n) is 5.01. The fourth-order valence-electron chi connectivity index (χ4n) is 3.31. The average Bonchev–Trinajstić information content (AvgIpc) is 3.21. The highest BCUT2D eigenvalue weighted by Gasteiger charge is 2.45. The van der Waals surface area contributed by atoms with Crippen LogP contribution in [0.15, 0.2) is 30.5 Å². The molecule has 3 rings (SSSR count). The Morgan fingerprint density at radius 2 is 1.97 bits per heavy atom. The lowest BCUT2D eigenvalue weighted by Gasteiger charge is -2.41. The Balaban J connectivity index is 1.67. The summed E-state index contributed by atoms with van der Waals surface area (Å²) in [6.07, 6.45) is -4.35. The van der Waals surface area contributed by atoms with Crippen LogP contribution >= 0.6 is 0 Å². The van der Waals surface area contributed by atoms with Crippen LogP contribution in [0.1, 0.15) is 17.3 Å². The summed E-state index contributed by atoms with van der Waals surface area (Å²) in [7, 11) is 1.31. The van der Waals surface area contributed by atoms with Gasteiger partial charge in [0, 0.05) is 13.5 Å². The monoisotopic (exact) mass is 439 g/mol. The van der Waals surface area contributed by atoms with E-state index in [1.165, 1.54) is 30.1 Å². The molecule has 1 saturated heterocycles. The first-order chi connectivity index (χ1) is 14.8. The van der Waals surface area contributed by atoms with Crippen LogP contribution in [-0.4, -0.2) is 90.9 Å². The zero-order valence-corrected chi connectivity index (χ0v) is 16.7. The normalized spacial score (nSPS) is 27.2. The molecule has 0 unspecified atom stereocenters. The number of aromatic hydroxyl groups is 1. The number of nitrogens with zero attached hydrogens (tertiary/aromatic N) is 3. The number of carboxylic acid groups (broad SMARTS) is 1. The minimum Gasteiger partial charge on any atom is -0.508 e.